The summed E-state index contributed by atoms with van der Waals surface area (Å²) in [5.74, 6) is -2.29. The van der Waals surface area contributed by atoms with E-state index in [1.165, 1.54) is 16.7 Å². The number of ether oxygens (including phenoxy) is 1. The van der Waals surface area contributed by atoms with Crippen LogP contribution in [0.4, 0.5) is 5.69 Å². The number of amides is 2. The van der Waals surface area contributed by atoms with Crippen LogP contribution in [0.3, 0.4) is 0 Å². The molecule has 2 aromatic carbocycles. The average molecular weight is 491 g/mol. The number of carbonyl (C=O) groups is 3. The Labute approximate surface area is 207 Å². The van der Waals surface area contributed by atoms with E-state index in [0.717, 1.165) is 16.5 Å². The van der Waals surface area contributed by atoms with Gasteiger partial charge in [0.15, 0.2) is 0 Å². The van der Waals surface area contributed by atoms with Crippen molar-refractivity contribution >= 4 is 46.0 Å². The lowest BCUT2D eigenvalue weighted by Gasteiger charge is -2.37. The van der Waals surface area contributed by atoms with Crippen LogP contribution in [0.1, 0.15) is 6.92 Å². The Hall–Kier alpha value is -3.10. The number of likely N-dealkylation sites (tertiary alicyclic amines) is 1. The quantitative estimate of drug-likeness (QED) is 0.526. The van der Waals surface area contributed by atoms with Gasteiger partial charge in [0, 0.05) is 17.5 Å². The molecule has 180 valence electrons. The Morgan fingerprint density at radius 1 is 1.11 bits per heavy atom. The minimum atomic E-state index is -0.917. The number of nitrogens with zero attached hydrogens (tertiary/aromatic N) is 2. The molecule has 1 N–H and O–H groups in total. The fraction of sp³-hybridized carbons (Fsp3) is 0.370. The van der Waals surface area contributed by atoms with Gasteiger partial charge < -0.3 is 19.6 Å². The number of fused-ring (bicyclic) bond motifs is 3. The van der Waals surface area contributed by atoms with E-state index in [9.17, 15) is 19.5 Å². The molecule has 1 spiro atoms. The van der Waals surface area contributed by atoms with E-state index in [0.29, 0.717) is 6.54 Å². The summed E-state index contributed by atoms with van der Waals surface area (Å²) in [4.78, 5) is 44.4. The predicted molar refractivity (Wildman–Crippen MR) is 134 cm³/mol. The first-order valence-electron chi connectivity index (χ1n) is 11.9. The minimum absolute atomic E-state index is 0.186. The first-order chi connectivity index (χ1) is 17.0. The summed E-state index contributed by atoms with van der Waals surface area (Å²) in [7, 11) is 0. The standard InChI is InChI=1S/C27H26N2O5S/c1-16(15-30)29-23-25(32)28(19-10-9-17-6-2-3-7-18(17)14-19)12-5-11-27(23)22(24(29)31)21-20(35-27)8-4-13-34-26(21)33/h2-11,14,16,20-23,30H,12-13,15H2,1H3/t16-,20-,21+,22+,23?,27+/m1/s1. The topological polar surface area (TPSA) is 87.2 Å². The SMILES string of the molecule is C[C@H](CO)N1C(=O)[C@@H]2[C@H]3C(=O)OCC=C[C@H]3S[C@@]23C=CCN(c2ccc4ccccc4c2)C(=O)C13. The molecule has 6 rings (SSSR count). The zero-order chi connectivity index (χ0) is 24.3. The van der Waals surface area contributed by atoms with Gasteiger partial charge in [0.25, 0.3) is 5.91 Å². The maximum absolute atomic E-state index is 14.3. The number of rotatable bonds is 3. The van der Waals surface area contributed by atoms with Crippen LogP contribution in [0, 0.1) is 11.8 Å². The molecule has 8 heteroatoms. The van der Waals surface area contributed by atoms with E-state index in [1.807, 2.05) is 66.8 Å². The molecule has 0 saturated carbocycles. The molecule has 6 atom stereocenters. The third-order valence-electron chi connectivity index (χ3n) is 7.64. The highest BCUT2D eigenvalue weighted by Gasteiger charge is 2.71. The zero-order valence-corrected chi connectivity index (χ0v) is 20.1. The van der Waals surface area contributed by atoms with Gasteiger partial charge in [-0.05, 0) is 29.8 Å². The Morgan fingerprint density at radius 3 is 2.71 bits per heavy atom. The summed E-state index contributed by atoms with van der Waals surface area (Å²) < 4.78 is 4.47. The smallest absolute Gasteiger partial charge is 0.311 e. The van der Waals surface area contributed by atoms with Gasteiger partial charge in [0.2, 0.25) is 5.91 Å². The van der Waals surface area contributed by atoms with Crippen molar-refractivity contribution in [2.75, 3.05) is 24.7 Å². The number of thioether (sulfide) groups is 1. The number of esters is 1. The number of hydrogen-bond donors (Lipinski definition) is 1. The van der Waals surface area contributed by atoms with Gasteiger partial charge in [0.05, 0.1) is 29.2 Å². The molecule has 7 nitrogen and oxygen atoms in total. The van der Waals surface area contributed by atoms with E-state index in [4.69, 9.17) is 4.74 Å². The second-order valence-corrected chi connectivity index (χ2v) is 11.0. The highest BCUT2D eigenvalue weighted by molar-refractivity contribution is 8.02. The van der Waals surface area contributed by atoms with Crippen molar-refractivity contribution in [2.45, 2.75) is 29.0 Å². The van der Waals surface area contributed by atoms with E-state index >= 15 is 0 Å². The van der Waals surface area contributed by atoms with Crippen molar-refractivity contribution in [3.8, 4) is 0 Å². The monoisotopic (exact) mass is 490 g/mol. The number of cyclic esters (lactones) is 1. The van der Waals surface area contributed by atoms with Crippen molar-refractivity contribution in [3.63, 3.8) is 0 Å². The Bertz CT molecular complexity index is 1290. The average Bonchev–Trinajstić information content (AvgIpc) is 3.18. The Morgan fingerprint density at radius 2 is 1.91 bits per heavy atom. The lowest BCUT2D eigenvalue weighted by Crippen LogP contribution is -2.56. The molecular formula is C27H26N2O5S. The molecule has 2 amide bonds. The largest absolute Gasteiger partial charge is 0.461 e. The zero-order valence-electron chi connectivity index (χ0n) is 19.2. The van der Waals surface area contributed by atoms with Crippen molar-refractivity contribution in [2.24, 2.45) is 11.8 Å². The molecule has 35 heavy (non-hydrogen) atoms. The highest BCUT2D eigenvalue weighted by Crippen LogP contribution is 2.61. The van der Waals surface area contributed by atoms with Crippen LogP contribution in [-0.2, 0) is 19.1 Å². The molecular weight excluding hydrogens is 464 g/mol. The van der Waals surface area contributed by atoms with Crippen LogP contribution in [0.2, 0.25) is 0 Å². The number of aliphatic hydroxyl groups excluding tert-OH is 1. The van der Waals surface area contributed by atoms with E-state index in [1.54, 1.807) is 11.8 Å². The fourth-order valence-corrected chi connectivity index (χ4v) is 8.04. The third-order valence-corrected chi connectivity index (χ3v) is 9.38. The number of benzene rings is 2. The normalized spacial score (nSPS) is 32.7. The van der Waals surface area contributed by atoms with Crippen LogP contribution in [-0.4, -0.2) is 69.6 Å². The maximum Gasteiger partial charge on any atom is 0.311 e. The van der Waals surface area contributed by atoms with Gasteiger partial charge in [0.1, 0.15) is 12.6 Å². The predicted octanol–water partition coefficient (Wildman–Crippen LogP) is 2.53. The van der Waals surface area contributed by atoms with E-state index in [2.05, 4.69) is 0 Å². The lowest BCUT2D eigenvalue weighted by atomic mass is 9.78. The van der Waals surface area contributed by atoms with E-state index in [-0.39, 0.29) is 30.3 Å². The molecule has 0 bridgehead atoms. The minimum Gasteiger partial charge on any atom is -0.461 e. The van der Waals surface area contributed by atoms with Crippen molar-refractivity contribution in [1.29, 1.82) is 0 Å². The van der Waals surface area contributed by atoms with Gasteiger partial charge in [-0.1, -0.05) is 54.6 Å². The fourth-order valence-electron chi connectivity index (χ4n) is 6.05. The summed E-state index contributed by atoms with van der Waals surface area (Å²) in [6.45, 7) is 2.00. The molecule has 0 aliphatic carbocycles. The summed E-state index contributed by atoms with van der Waals surface area (Å²) in [6, 6.07) is 12.4. The summed E-state index contributed by atoms with van der Waals surface area (Å²) >= 11 is 1.50. The van der Waals surface area contributed by atoms with Crippen LogP contribution < -0.4 is 4.90 Å². The van der Waals surface area contributed by atoms with Gasteiger partial charge >= 0.3 is 5.97 Å². The van der Waals surface area contributed by atoms with Crippen molar-refractivity contribution in [1.82, 2.24) is 4.90 Å². The number of anilines is 1. The summed E-state index contributed by atoms with van der Waals surface area (Å²) in [6.07, 6.45) is 7.64. The summed E-state index contributed by atoms with van der Waals surface area (Å²) in [5, 5.41) is 11.9. The first kappa shape index (κ1) is 22.4. The molecule has 2 fully saturated rings. The van der Waals surface area contributed by atoms with Crippen molar-refractivity contribution < 1.29 is 24.2 Å². The van der Waals surface area contributed by atoms with Crippen molar-refractivity contribution in [3.05, 3.63) is 66.8 Å². The Balaban J connectivity index is 1.47. The second-order valence-electron chi connectivity index (χ2n) is 9.56. The van der Waals surface area contributed by atoms with Gasteiger partial charge in [-0.15, -0.1) is 11.8 Å². The lowest BCUT2D eigenvalue weighted by molar-refractivity contribution is -0.152. The molecule has 1 unspecified atom stereocenters. The molecule has 4 heterocycles. The van der Waals surface area contributed by atoms with Gasteiger partial charge in [-0.3, -0.25) is 14.4 Å². The molecule has 4 aliphatic heterocycles. The maximum atomic E-state index is 14.3. The van der Waals surface area contributed by atoms with Gasteiger partial charge in [-0.2, -0.15) is 0 Å². The van der Waals surface area contributed by atoms with Crippen LogP contribution >= 0.6 is 11.8 Å². The Kier molecular flexibility index (Phi) is 5.27. The second kappa shape index (κ2) is 8.24. The van der Waals surface area contributed by atoms with Crippen LogP contribution in [0.25, 0.3) is 10.8 Å². The van der Waals surface area contributed by atoms with Crippen LogP contribution in [0.15, 0.2) is 66.8 Å². The molecule has 2 saturated heterocycles. The van der Waals surface area contributed by atoms with E-state index < -0.39 is 34.6 Å². The summed E-state index contributed by atoms with van der Waals surface area (Å²) in [5.41, 5.74) is 0.749. The number of aliphatic hydroxyl groups is 1. The number of carbonyl (C=O) groups excluding carboxylic acids is 3. The first-order valence-corrected chi connectivity index (χ1v) is 12.8. The molecule has 2 aromatic rings. The highest BCUT2D eigenvalue weighted by atomic mass is 32.2. The number of hydrogen-bond acceptors (Lipinski definition) is 6. The van der Waals surface area contributed by atoms with Crippen LogP contribution in [0.5, 0.6) is 0 Å². The molecule has 0 aromatic heterocycles. The van der Waals surface area contributed by atoms with Gasteiger partial charge in [-0.25, -0.2) is 0 Å². The molecule has 4 aliphatic rings. The third kappa shape index (κ3) is 3.19. The molecule has 0 radical (unpaired) electrons.